The molecule has 0 radical (unpaired) electrons. The molecule has 1 aromatic heterocycles. The number of nitrogens with zero attached hydrogens (tertiary/aromatic N) is 3. The molecule has 3 aliphatic rings. The number of amides is 1. The van der Waals surface area contributed by atoms with Gasteiger partial charge in [0, 0.05) is 26.2 Å². The molecular formula is C20H25N3OS. The molecule has 1 atom stereocenters. The van der Waals surface area contributed by atoms with Crippen molar-refractivity contribution in [2.75, 3.05) is 31.1 Å². The van der Waals surface area contributed by atoms with E-state index >= 15 is 0 Å². The number of benzene rings is 1. The summed E-state index contributed by atoms with van der Waals surface area (Å²) in [6.07, 6.45) is 7.18. The van der Waals surface area contributed by atoms with Gasteiger partial charge >= 0.3 is 0 Å². The number of carbonyl (C=O) groups is 1. The molecule has 3 heterocycles. The normalized spacial score (nSPS) is 27.4. The molecule has 1 aromatic carbocycles. The minimum absolute atomic E-state index is 0.153. The van der Waals surface area contributed by atoms with Crippen molar-refractivity contribution in [1.82, 2.24) is 9.88 Å². The number of hydrogen-bond acceptors (Lipinski definition) is 4. The zero-order valence-electron chi connectivity index (χ0n) is 14.6. The van der Waals surface area contributed by atoms with Crippen LogP contribution in [-0.2, 0) is 4.79 Å². The zero-order valence-corrected chi connectivity index (χ0v) is 15.4. The van der Waals surface area contributed by atoms with Crippen LogP contribution >= 0.6 is 11.3 Å². The first-order valence-electron chi connectivity index (χ1n) is 9.63. The molecule has 1 saturated carbocycles. The molecule has 4 nitrogen and oxygen atoms in total. The molecule has 0 N–H and O–H groups in total. The first-order chi connectivity index (χ1) is 12.2. The van der Waals surface area contributed by atoms with Gasteiger partial charge in [-0.05, 0) is 50.2 Å². The minimum atomic E-state index is -0.153. The summed E-state index contributed by atoms with van der Waals surface area (Å²) in [5.41, 5.74) is 0.921. The van der Waals surface area contributed by atoms with E-state index in [1.807, 2.05) is 6.07 Å². The fraction of sp³-hybridized carbons (Fsp3) is 0.600. The Balaban J connectivity index is 1.35. The lowest BCUT2D eigenvalue weighted by molar-refractivity contribution is -0.146. The van der Waals surface area contributed by atoms with Crippen molar-refractivity contribution >= 4 is 32.6 Å². The molecule has 2 aliphatic heterocycles. The Morgan fingerprint density at radius 2 is 2.04 bits per heavy atom. The van der Waals surface area contributed by atoms with E-state index < -0.39 is 0 Å². The van der Waals surface area contributed by atoms with Gasteiger partial charge in [0.15, 0.2) is 5.13 Å². The van der Waals surface area contributed by atoms with Gasteiger partial charge in [0.2, 0.25) is 5.91 Å². The van der Waals surface area contributed by atoms with Crippen molar-refractivity contribution in [3.8, 4) is 0 Å². The largest absolute Gasteiger partial charge is 0.347 e. The summed E-state index contributed by atoms with van der Waals surface area (Å²) in [6, 6.07) is 8.32. The van der Waals surface area contributed by atoms with Gasteiger partial charge in [0.25, 0.3) is 0 Å². The molecule has 0 bridgehead atoms. The van der Waals surface area contributed by atoms with Gasteiger partial charge in [-0.3, -0.25) is 4.79 Å². The highest BCUT2D eigenvalue weighted by Crippen LogP contribution is 2.43. The van der Waals surface area contributed by atoms with Crippen LogP contribution in [0.1, 0.15) is 38.5 Å². The number of thiazole rings is 1. The van der Waals surface area contributed by atoms with Crippen LogP contribution in [0.3, 0.4) is 0 Å². The predicted octanol–water partition coefficient (Wildman–Crippen LogP) is 3.92. The van der Waals surface area contributed by atoms with Crippen molar-refractivity contribution in [3.63, 3.8) is 0 Å². The number of fused-ring (bicyclic) bond motifs is 1. The van der Waals surface area contributed by atoms with Crippen molar-refractivity contribution in [2.45, 2.75) is 38.5 Å². The van der Waals surface area contributed by atoms with Crippen LogP contribution in [-0.4, -0.2) is 42.0 Å². The monoisotopic (exact) mass is 355 g/mol. The molecular weight excluding hydrogens is 330 g/mol. The minimum Gasteiger partial charge on any atom is -0.347 e. The van der Waals surface area contributed by atoms with Gasteiger partial charge in [0.1, 0.15) is 0 Å². The molecule has 3 fully saturated rings. The maximum atomic E-state index is 13.3. The highest BCUT2D eigenvalue weighted by molar-refractivity contribution is 7.22. The van der Waals surface area contributed by atoms with Gasteiger partial charge in [-0.15, -0.1) is 0 Å². The Labute approximate surface area is 152 Å². The first-order valence-corrected chi connectivity index (χ1v) is 10.5. The summed E-state index contributed by atoms with van der Waals surface area (Å²) >= 11 is 1.76. The van der Waals surface area contributed by atoms with E-state index in [0.717, 1.165) is 62.0 Å². The summed E-state index contributed by atoms with van der Waals surface area (Å²) in [5, 5.41) is 1.09. The number of aromatic nitrogens is 1. The topological polar surface area (TPSA) is 36.4 Å². The lowest BCUT2D eigenvalue weighted by Crippen LogP contribution is -2.51. The number of rotatable bonds is 3. The van der Waals surface area contributed by atoms with Crippen LogP contribution < -0.4 is 4.90 Å². The molecule has 1 aliphatic carbocycles. The second-order valence-electron chi connectivity index (χ2n) is 8.07. The van der Waals surface area contributed by atoms with Crippen LogP contribution in [0.25, 0.3) is 10.2 Å². The average molecular weight is 356 g/mol. The molecule has 1 amide bonds. The van der Waals surface area contributed by atoms with E-state index in [9.17, 15) is 4.79 Å². The van der Waals surface area contributed by atoms with Crippen LogP contribution in [0.2, 0.25) is 0 Å². The summed E-state index contributed by atoms with van der Waals surface area (Å²) in [7, 11) is 0. The van der Waals surface area contributed by atoms with Gasteiger partial charge in [0.05, 0.1) is 15.6 Å². The Kier molecular flexibility index (Phi) is 3.73. The molecule has 2 aromatic rings. The quantitative estimate of drug-likeness (QED) is 0.837. The lowest BCUT2D eigenvalue weighted by atomic mass is 9.77. The second kappa shape index (κ2) is 5.97. The summed E-state index contributed by atoms with van der Waals surface area (Å²) in [5.74, 6) is 1.19. The number of para-hydroxylation sites is 1. The SMILES string of the molecule is O=C1N(CC2CCC2)CCC[C@@]12CCN(c1nc3ccccc3s1)C2. The third-order valence-electron chi connectivity index (χ3n) is 6.43. The van der Waals surface area contributed by atoms with Crippen LogP contribution in [0.15, 0.2) is 24.3 Å². The fourth-order valence-electron chi connectivity index (χ4n) is 4.72. The number of carbonyl (C=O) groups excluding carboxylic acids is 1. The zero-order chi connectivity index (χ0) is 16.9. The number of likely N-dealkylation sites (tertiary alicyclic amines) is 1. The van der Waals surface area contributed by atoms with Crippen molar-refractivity contribution in [2.24, 2.45) is 11.3 Å². The van der Waals surface area contributed by atoms with E-state index in [1.165, 1.54) is 24.0 Å². The van der Waals surface area contributed by atoms with E-state index in [1.54, 1.807) is 11.3 Å². The Hall–Kier alpha value is -1.62. The van der Waals surface area contributed by atoms with Crippen molar-refractivity contribution < 1.29 is 4.79 Å². The highest BCUT2D eigenvalue weighted by atomic mass is 32.1. The standard InChI is InChI=1S/C20H25N3OS/c24-18-20(9-4-11-22(18)13-15-5-3-6-15)10-12-23(14-20)19-21-16-7-1-2-8-17(16)25-19/h1-2,7-8,15H,3-6,9-14H2/t20-/m0/s1. The summed E-state index contributed by atoms with van der Waals surface area (Å²) < 4.78 is 1.24. The molecule has 0 unspecified atom stereocenters. The number of piperidine rings is 1. The van der Waals surface area contributed by atoms with E-state index in [2.05, 4.69) is 28.0 Å². The predicted molar refractivity (Wildman–Crippen MR) is 102 cm³/mol. The first kappa shape index (κ1) is 15.6. The lowest BCUT2D eigenvalue weighted by Gasteiger charge is -2.42. The molecule has 1 spiro atoms. The Morgan fingerprint density at radius 1 is 1.16 bits per heavy atom. The number of hydrogen-bond donors (Lipinski definition) is 0. The van der Waals surface area contributed by atoms with Crippen LogP contribution in [0, 0.1) is 11.3 Å². The van der Waals surface area contributed by atoms with Crippen molar-refractivity contribution in [1.29, 1.82) is 0 Å². The van der Waals surface area contributed by atoms with E-state index in [-0.39, 0.29) is 5.41 Å². The third-order valence-corrected chi connectivity index (χ3v) is 7.53. The van der Waals surface area contributed by atoms with Gasteiger partial charge < -0.3 is 9.80 Å². The van der Waals surface area contributed by atoms with Gasteiger partial charge in [-0.1, -0.05) is 29.9 Å². The third kappa shape index (κ3) is 2.64. The maximum absolute atomic E-state index is 13.3. The Bertz CT molecular complexity index is 766. The number of anilines is 1. The second-order valence-corrected chi connectivity index (χ2v) is 9.08. The molecule has 5 heteroatoms. The van der Waals surface area contributed by atoms with Crippen LogP contribution in [0.5, 0.6) is 0 Å². The Morgan fingerprint density at radius 3 is 2.84 bits per heavy atom. The highest BCUT2D eigenvalue weighted by Gasteiger charge is 2.49. The fourth-order valence-corrected chi connectivity index (χ4v) is 5.71. The summed E-state index contributed by atoms with van der Waals surface area (Å²) in [6.45, 7) is 3.79. The van der Waals surface area contributed by atoms with Crippen molar-refractivity contribution in [3.05, 3.63) is 24.3 Å². The smallest absolute Gasteiger partial charge is 0.230 e. The van der Waals surface area contributed by atoms with Gasteiger partial charge in [-0.2, -0.15) is 0 Å². The average Bonchev–Trinajstić information content (AvgIpc) is 3.19. The van der Waals surface area contributed by atoms with E-state index in [0.29, 0.717) is 5.91 Å². The van der Waals surface area contributed by atoms with Gasteiger partial charge in [-0.25, -0.2) is 4.98 Å². The maximum Gasteiger partial charge on any atom is 0.230 e. The summed E-state index contributed by atoms with van der Waals surface area (Å²) in [4.78, 5) is 22.6. The molecule has 2 saturated heterocycles. The molecule has 25 heavy (non-hydrogen) atoms. The van der Waals surface area contributed by atoms with Crippen LogP contribution in [0.4, 0.5) is 5.13 Å². The molecule has 132 valence electrons. The molecule has 5 rings (SSSR count). The van der Waals surface area contributed by atoms with E-state index in [4.69, 9.17) is 4.98 Å².